The molecule has 7 heteroatoms. The largest absolute Gasteiger partial charge is 0.329 e. The second kappa shape index (κ2) is 5.99. The van der Waals surface area contributed by atoms with Crippen molar-refractivity contribution in [1.29, 1.82) is 0 Å². The molecule has 0 aliphatic carbocycles. The maximum Gasteiger partial charge on any atom is 0.191 e. The van der Waals surface area contributed by atoms with Crippen LogP contribution in [0.1, 0.15) is 10.7 Å². The summed E-state index contributed by atoms with van der Waals surface area (Å²) in [4.78, 5) is 1.32. The summed E-state index contributed by atoms with van der Waals surface area (Å²) in [6.45, 7) is 3.33. The van der Waals surface area contributed by atoms with Crippen molar-refractivity contribution in [3.05, 3.63) is 26.6 Å². The standard InChI is InChI=1S/C10H13BrN4S2/c1-7-13-14-10(15(7)5-4-12)16-6-8-2-3-9(11)17-8/h2-3H,4-6,12H2,1H3. The van der Waals surface area contributed by atoms with E-state index in [1.165, 1.54) is 4.88 Å². The molecule has 0 spiro atoms. The van der Waals surface area contributed by atoms with Crippen LogP contribution in [0.3, 0.4) is 0 Å². The van der Waals surface area contributed by atoms with E-state index in [0.29, 0.717) is 6.54 Å². The van der Waals surface area contributed by atoms with E-state index < -0.39 is 0 Å². The molecule has 2 aromatic heterocycles. The second-order valence-electron chi connectivity index (χ2n) is 3.46. The lowest BCUT2D eigenvalue weighted by molar-refractivity contribution is 0.627. The van der Waals surface area contributed by atoms with Crippen LogP contribution in [-0.4, -0.2) is 21.3 Å². The van der Waals surface area contributed by atoms with Crippen molar-refractivity contribution in [1.82, 2.24) is 14.8 Å². The van der Waals surface area contributed by atoms with E-state index in [4.69, 9.17) is 5.73 Å². The lowest BCUT2D eigenvalue weighted by atomic mass is 10.5. The van der Waals surface area contributed by atoms with Gasteiger partial charge >= 0.3 is 0 Å². The minimum atomic E-state index is 0.608. The van der Waals surface area contributed by atoms with Gasteiger partial charge in [0.2, 0.25) is 0 Å². The Morgan fingerprint density at radius 1 is 1.47 bits per heavy atom. The highest BCUT2D eigenvalue weighted by atomic mass is 79.9. The summed E-state index contributed by atoms with van der Waals surface area (Å²) in [6.07, 6.45) is 0. The van der Waals surface area contributed by atoms with Crippen LogP contribution in [0.5, 0.6) is 0 Å². The predicted molar refractivity (Wildman–Crippen MR) is 75.4 cm³/mol. The topological polar surface area (TPSA) is 56.7 Å². The number of halogens is 1. The molecular weight excluding hydrogens is 320 g/mol. The number of thioether (sulfide) groups is 1. The molecule has 0 radical (unpaired) electrons. The third kappa shape index (κ3) is 3.31. The van der Waals surface area contributed by atoms with Gasteiger partial charge in [0.1, 0.15) is 5.82 Å². The Bertz CT molecular complexity index is 494. The van der Waals surface area contributed by atoms with Gasteiger partial charge in [0.15, 0.2) is 5.16 Å². The normalized spacial score (nSPS) is 11.0. The summed E-state index contributed by atoms with van der Waals surface area (Å²) in [6, 6.07) is 4.19. The first-order chi connectivity index (χ1) is 8.20. The van der Waals surface area contributed by atoms with Crippen LogP contribution in [0.15, 0.2) is 21.1 Å². The van der Waals surface area contributed by atoms with E-state index in [1.807, 2.05) is 6.92 Å². The van der Waals surface area contributed by atoms with Gasteiger partial charge in [-0.25, -0.2) is 0 Å². The fraction of sp³-hybridized carbons (Fsp3) is 0.400. The van der Waals surface area contributed by atoms with E-state index in [-0.39, 0.29) is 0 Å². The first-order valence-electron chi connectivity index (χ1n) is 5.17. The molecule has 0 saturated heterocycles. The van der Waals surface area contributed by atoms with Gasteiger partial charge < -0.3 is 10.3 Å². The Labute approximate surface area is 117 Å². The Morgan fingerprint density at radius 2 is 2.29 bits per heavy atom. The minimum Gasteiger partial charge on any atom is -0.329 e. The van der Waals surface area contributed by atoms with E-state index in [1.54, 1.807) is 23.1 Å². The molecular formula is C10H13BrN4S2. The van der Waals surface area contributed by atoms with Gasteiger partial charge in [-0.1, -0.05) is 11.8 Å². The second-order valence-corrected chi connectivity index (χ2v) is 6.95. The molecule has 2 rings (SSSR count). The quantitative estimate of drug-likeness (QED) is 0.855. The number of hydrogen-bond donors (Lipinski definition) is 1. The number of nitrogens with two attached hydrogens (primary N) is 1. The first-order valence-corrected chi connectivity index (χ1v) is 7.77. The van der Waals surface area contributed by atoms with Gasteiger partial charge in [0.25, 0.3) is 0 Å². The first kappa shape index (κ1) is 13.1. The van der Waals surface area contributed by atoms with Crippen molar-refractivity contribution in [2.24, 2.45) is 5.73 Å². The highest BCUT2D eigenvalue weighted by Gasteiger charge is 2.09. The van der Waals surface area contributed by atoms with E-state index in [0.717, 1.165) is 27.1 Å². The molecule has 0 aliphatic rings. The molecule has 0 amide bonds. The highest BCUT2D eigenvalue weighted by molar-refractivity contribution is 9.11. The smallest absolute Gasteiger partial charge is 0.191 e. The van der Waals surface area contributed by atoms with Crippen LogP contribution in [0.25, 0.3) is 0 Å². The van der Waals surface area contributed by atoms with Gasteiger partial charge in [-0.05, 0) is 35.0 Å². The van der Waals surface area contributed by atoms with Crippen LogP contribution in [0.2, 0.25) is 0 Å². The lowest BCUT2D eigenvalue weighted by Crippen LogP contribution is -2.12. The van der Waals surface area contributed by atoms with Gasteiger partial charge in [0.05, 0.1) is 3.79 Å². The molecule has 0 aliphatic heterocycles. The van der Waals surface area contributed by atoms with Gasteiger partial charge in [0, 0.05) is 23.7 Å². The lowest BCUT2D eigenvalue weighted by Gasteiger charge is -2.05. The molecule has 0 aromatic carbocycles. The average molecular weight is 333 g/mol. The van der Waals surface area contributed by atoms with Crippen LogP contribution >= 0.6 is 39.0 Å². The molecule has 0 bridgehead atoms. The van der Waals surface area contributed by atoms with Crippen molar-refractivity contribution in [3.8, 4) is 0 Å². The summed E-state index contributed by atoms with van der Waals surface area (Å²) >= 11 is 6.91. The molecule has 17 heavy (non-hydrogen) atoms. The molecule has 2 aromatic rings. The Hall–Kier alpha value is -0.370. The molecule has 0 saturated carbocycles. The fourth-order valence-electron chi connectivity index (χ4n) is 1.42. The van der Waals surface area contributed by atoms with Crippen molar-refractivity contribution < 1.29 is 0 Å². The van der Waals surface area contributed by atoms with Crippen molar-refractivity contribution in [2.75, 3.05) is 6.54 Å². The minimum absolute atomic E-state index is 0.608. The maximum absolute atomic E-state index is 5.58. The maximum atomic E-state index is 5.58. The van der Waals surface area contributed by atoms with Crippen LogP contribution in [-0.2, 0) is 12.3 Å². The zero-order valence-corrected chi connectivity index (χ0v) is 12.6. The highest BCUT2D eigenvalue weighted by Crippen LogP contribution is 2.28. The monoisotopic (exact) mass is 332 g/mol. The number of thiophene rings is 1. The fourth-order valence-corrected chi connectivity index (χ4v) is 3.96. The zero-order chi connectivity index (χ0) is 12.3. The summed E-state index contributed by atoms with van der Waals surface area (Å²) in [5.41, 5.74) is 5.58. The SMILES string of the molecule is Cc1nnc(SCc2ccc(Br)s2)n1CCN. The molecule has 0 atom stereocenters. The Morgan fingerprint density at radius 3 is 2.94 bits per heavy atom. The number of nitrogens with zero attached hydrogens (tertiary/aromatic N) is 3. The van der Waals surface area contributed by atoms with Crippen LogP contribution in [0, 0.1) is 6.92 Å². The molecule has 0 unspecified atom stereocenters. The Balaban J connectivity index is 2.03. The van der Waals surface area contributed by atoms with E-state index >= 15 is 0 Å². The molecule has 2 N–H and O–H groups in total. The van der Waals surface area contributed by atoms with E-state index in [9.17, 15) is 0 Å². The summed E-state index contributed by atoms with van der Waals surface area (Å²) in [5.74, 6) is 1.84. The van der Waals surface area contributed by atoms with E-state index in [2.05, 4.69) is 42.8 Å². The third-order valence-corrected chi connectivity index (χ3v) is 5.05. The molecule has 92 valence electrons. The van der Waals surface area contributed by atoms with Gasteiger partial charge in [-0.15, -0.1) is 21.5 Å². The molecule has 4 nitrogen and oxygen atoms in total. The average Bonchev–Trinajstić information content (AvgIpc) is 2.86. The molecule has 0 fully saturated rings. The third-order valence-electron chi connectivity index (χ3n) is 2.23. The van der Waals surface area contributed by atoms with Crippen LogP contribution in [0.4, 0.5) is 0 Å². The number of rotatable bonds is 5. The van der Waals surface area contributed by atoms with Crippen LogP contribution < -0.4 is 5.73 Å². The van der Waals surface area contributed by atoms with Gasteiger partial charge in [-0.3, -0.25) is 0 Å². The summed E-state index contributed by atoms with van der Waals surface area (Å²) in [7, 11) is 0. The Kier molecular flexibility index (Phi) is 4.61. The van der Waals surface area contributed by atoms with Crippen molar-refractivity contribution >= 4 is 39.0 Å². The van der Waals surface area contributed by atoms with Crippen molar-refractivity contribution in [2.45, 2.75) is 24.4 Å². The predicted octanol–water partition coefficient (Wildman–Crippen LogP) is 2.66. The molecule has 2 heterocycles. The number of hydrogen-bond acceptors (Lipinski definition) is 5. The summed E-state index contributed by atoms with van der Waals surface area (Å²) < 4.78 is 3.22. The van der Waals surface area contributed by atoms with Gasteiger partial charge in [-0.2, -0.15) is 0 Å². The number of aromatic nitrogens is 3. The summed E-state index contributed by atoms with van der Waals surface area (Å²) in [5, 5.41) is 9.19. The zero-order valence-electron chi connectivity index (χ0n) is 9.39. The number of aryl methyl sites for hydroxylation is 1. The van der Waals surface area contributed by atoms with Crippen molar-refractivity contribution in [3.63, 3.8) is 0 Å².